The number of hydrogen-bond acceptors (Lipinski definition) is 3. The van der Waals surface area contributed by atoms with E-state index in [0.29, 0.717) is 6.54 Å². The minimum atomic E-state index is 0.00274. The predicted molar refractivity (Wildman–Crippen MR) is 64.4 cm³/mol. The van der Waals surface area contributed by atoms with Crippen LogP contribution < -0.4 is 5.43 Å². The predicted octanol–water partition coefficient (Wildman–Crippen LogP) is 2.16. The topological polar surface area (TPSA) is 33.5 Å². The second kappa shape index (κ2) is 4.18. The molecule has 1 aromatic carbocycles. The van der Waals surface area contributed by atoms with Crippen molar-refractivity contribution in [2.45, 2.75) is 19.6 Å². The molecule has 0 fully saturated rings. The Morgan fingerprint density at radius 1 is 1.12 bits per heavy atom. The number of fused-ring (bicyclic) bond motifs is 1. The first-order valence-electron chi connectivity index (χ1n) is 5.68. The van der Waals surface area contributed by atoms with E-state index < -0.39 is 0 Å². The van der Waals surface area contributed by atoms with Gasteiger partial charge in [0.2, 0.25) is 0 Å². The summed E-state index contributed by atoms with van der Waals surface area (Å²) in [5, 5.41) is 0. The molecule has 3 rings (SSSR count). The molecule has 1 aliphatic heterocycles. The standard InChI is InChI=1S/C14H13NO2/c16-13-5-6-17-14(7-13)10-15-8-11-3-1-2-4-12(11)9-15/h1-7H,8-10H2. The maximum Gasteiger partial charge on any atom is 0.185 e. The Labute approximate surface area is 99.3 Å². The summed E-state index contributed by atoms with van der Waals surface area (Å²) in [4.78, 5) is 13.5. The molecular formula is C14H13NO2. The molecule has 3 heteroatoms. The van der Waals surface area contributed by atoms with Crippen LogP contribution >= 0.6 is 0 Å². The summed E-state index contributed by atoms with van der Waals surface area (Å²) in [5.74, 6) is 0.727. The summed E-state index contributed by atoms with van der Waals surface area (Å²) in [5.41, 5.74) is 2.74. The molecule has 17 heavy (non-hydrogen) atoms. The van der Waals surface area contributed by atoms with Crippen LogP contribution in [-0.4, -0.2) is 4.90 Å². The highest BCUT2D eigenvalue weighted by Crippen LogP contribution is 2.23. The van der Waals surface area contributed by atoms with Gasteiger partial charge in [-0.1, -0.05) is 24.3 Å². The van der Waals surface area contributed by atoms with E-state index in [0.717, 1.165) is 18.8 Å². The number of nitrogens with zero attached hydrogens (tertiary/aromatic N) is 1. The maximum absolute atomic E-state index is 11.2. The number of benzene rings is 1. The van der Waals surface area contributed by atoms with Crippen molar-refractivity contribution in [3.8, 4) is 0 Å². The summed E-state index contributed by atoms with van der Waals surface area (Å²) < 4.78 is 5.33. The molecule has 0 unspecified atom stereocenters. The van der Waals surface area contributed by atoms with Crippen LogP contribution in [0.2, 0.25) is 0 Å². The molecule has 2 aromatic rings. The molecule has 3 nitrogen and oxygen atoms in total. The van der Waals surface area contributed by atoms with Gasteiger partial charge in [-0.05, 0) is 11.1 Å². The van der Waals surface area contributed by atoms with Crippen molar-refractivity contribution in [1.82, 2.24) is 4.90 Å². The van der Waals surface area contributed by atoms with E-state index >= 15 is 0 Å². The van der Waals surface area contributed by atoms with Gasteiger partial charge in [0.1, 0.15) is 5.76 Å². The van der Waals surface area contributed by atoms with E-state index in [1.54, 1.807) is 6.07 Å². The van der Waals surface area contributed by atoms with Gasteiger partial charge in [-0.25, -0.2) is 0 Å². The highest BCUT2D eigenvalue weighted by Gasteiger charge is 2.18. The minimum Gasteiger partial charge on any atom is -0.468 e. The number of rotatable bonds is 2. The lowest BCUT2D eigenvalue weighted by Gasteiger charge is -2.13. The van der Waals surface area contributed by atoms with Crippen LogP contribution in [-0.2, 0) is 19.6 Å². The van der Waals surface area contributed by atoms with Gasteiger partial charge < -0.3 is 4.42 Å². The molecule has 0 spiro atoms. The lowest BCUT2D eigenvalue weighted by Crippen LogP contribution is -2.16. The van der Waals surface area contributed by atoms with Gasteiger partial charge in [0, 0.05) is 25.2 Å². The Morgan fingerprint density at radius 3 is 2.47 bits per heavy atom. The molecule has 0 bridgehead atoms. The normalized spacial score (nSPS) is 14.8. The highest BCUT2D eigenvalue weighted by molar-refractivity contribution is 5.30. The van der Waals surface area contributed by atoms with E-state index in [9.17, 15) is 4.79 Å². The van der Waals surface area contributed by atoms with Gasteiger partial charge in [0.15, 0.2) is 5.43 Å². The lowest BCUT2D eigenvalue weighted by atomic mass is 10.1. The molecule has 1 aliphatic rings. The molecule has 0 aliphatic carbocycles. The Morgan fingerprint density at radius 2 is 1.82 bits per heavy atom. The SMILES string of the molecule is O=c1ccoc(CN2Cc3ccccc3C2)c1. The van der Waals surface area contributed by atoms with Gasteiger partial charge >= 0.3 is 0 Å². The first kappa shape index (κ1) is 10.3. The zero-order valence-corrected chi connectivity index (χ0v) is 9.43. The van der Waals surface area contributed by atoms with Crippen molar-refractivity contribution in [2.75, 3.05) is 0 Å². The zero-order chi connectivity index (χ0) is 11.7. The van der Waals surface area contributed by atoms with Crippen LogP contribution in [0.25, 0.3) is 0 Å². The van der Waals surface area contributed by atoms with E-state index in [1.165, 1.54) is 23.5 Å². The largest absolute Gasteiger partial charge is 0.468 e. The van der Waals surface area contributed by atoms with Crippen LogP contribution in [0.3, 0.4) is 0 Å². The van der Waals surface area contributed by atoms with E-state index in [2.05, 4.69) is 29.2 Å². The van der Waals surface area contributed by atoms with Crippen LogP contribution in [0.4, 0.5) is 0 Å². The lowest BCUT2D eigenvalue weighted by molar-refractivity contribution is 0.248. The van der Waals surface area contributed by atoms with Gasteiger partial charge in [-0.2, -0.15) is 0 Å². The molecule has 86 valence electrons. The second-order valence-corrected chi connectivity index (χ2v) is 4.35. The smallest absolute Gasteiger partial charge is 0.185 e. The van der Waals surface area contributed by atoms with Gasteiger partial charge in [0.25, 0.3) is 0 Å². The van der Waals surface area contributed by atoms with Crippen LogP contribution in [0.15, 0.2) is 51.9 Å². The molecule has 0 amide bonds. The molecule has 0 atom stereocenters. The van der Waals surface area contributed by atoms with Crippen LogP contribution in [0.1, 0.15) is 16.9 Å². The molecule has 0 saturated carbocycles. The fourth-order valence-corrected chi connectivity index (χ4v) is 2.25. The zero-order valence-electron chi connectivity index (χ0n) is 9.43. The van der Waals surface area contributed by atoms with E-state index in [-0.39, 0.29) is 5.43 Å². The number of hydrogen-bond donors (Lipinski definition) is 0. The van der Waals surface area contributed by atoms with Gasteiger partial charge in [-0.15, -0.1) is 0 Å². The van der Waals surface area contributed by atoms with Crippen molar-refractivity contribution in [2.24, 2.45) is 0 Å². The average molecular weight is 227 g/mol. The van der Waals surface area contributed by atoms with Crippen molar-refractivity contribution in [1.29, 1.82) is 0 Å². The summed E-state index contributed by atoms with van der Waals surface area (Å²) in [7, 11) is 0. The van der Waals surface area contributed by atoms with Crippen molar-refractivity contribution in [3.05, 3.63) is 69.8 Å². The molecule has 0 radical (unpaired) electrons. The van der Waals surface area contributed by atoms with Crippen LogP contribution in [0.5, 0.6) is 0 Å². The molecule has 2 heterocycles. The van der Waals surface area contributed by atoms with Crippen molar-refractivity contribution in [3.63, 3.8) is 0 Å². The maximum atomic E-state index is 11.2. The Kier molecular flexibility index (Phi) is 2.53. The van der Waals surface area contributed by atoms with Gasteiger partial charge in [-0.3, -0.25) is 9.69 Å². The fourth-order valence-electron chi connectivity index (χ4n) is 2.25. The summed E-state index contributed by atoms with van der Waals surface area (Å²) >= 11 is 0. The fraction of sp³-hybridized carbons (Fsp3) is 0.214. The molecular weight excluding hydrogens is 214 g/mol. The summed E-state index contributed by atoms with van der Waals surface area (Å²) in [6.07, 6.45) is 1.46. The second-order valence-electron chi connectivity index (χ2n) is 4.35. The highest BCUT2D eigenvalue weighted by atomic mass is 16.3. The first-order valence-corrected chi connectivity index (χ1v) is 5.68. The third kappa shape index (κ3) is 2.15. The third-order valence-electron chi connectivity index (χ3n) is 3.04. The quantitative estimate of drug-likeness (QED) is 0.788. The van der Waals surface area contributed by atoms with Crippen molar-refractivity contribution >= 4 is 0 Å². The minimum absolute atomic E-state index is 0.00274. The first-order chi connectivity index (χ1) is 8.31. The Balaban J connectivity index is 1.76. The van der Waals surface area contributed by atoms with E-state index in [4.69, 9.17) is 4.42 Å². The molecule has 0 saturated heterocycles. The van der Waals surface area contributed by atoms with Crippen molar-refractivity contribution < 1.29 is 4.42 Å². The third-order valence-corrected chi connectivity index (χ3v) is 3.04. The monoisotopic (exact) mass is 227 g/mol. The molecule has 1 aromatic heterocycles. The molecule has 0 N–H and O–H groups in total. The Hall–Kier alpha value is -1.87. The summed E-state index contributed by atoms with van der Waals surface area (Å²) in [6, 6.07) is 11.4. The Bertz CT molecular complexity index is 564. The van der Waals surface area contributed by atoms with Gasteiger partial charge in [0.05, 0.1) is 12.8 Å². The van der Waals surface area contributed by atoms with E-state index in [1.807, 2.05) is 0 Å². The summed E-state index contributed by atoms with van der Waals surface area (Å²) in [6.45, 7) is 2.54. The van der Waals surface area contributed by atoms with Crippen LogP contribution in [0, 0.1) is 0 Å². The average Bonchev–Trinajstić information content (AvgIpc) is 2.71.